The molecule has 2 aromatic rings. The lowest BCUT2D eigenvalue weighted by Crippen LogP contribution is -2.39. The van der Waals surface area contributed by atoms with E-state index >= 15 is 0 Å². The lowest BCUT2D eigenvalue weighted by molar-refractivity contribution is -0.139. The van der Waals surface area contributed by atoms with Crippen LogP contribution in [0.5, 0.6) is 0 Å². The van der Waals surface area contributed by atoms with E-state index in [0.29, 0.717) is 11.3 Å². The van der Waals surface area contributed by atoms with Gasteiger partial charge in [0.15, 0.2) is 0 Å². The Hall–Kier alpha value is -3.19. The van der Waals surface area contributed by atoms with Gasteiger partial charge < -0.3 is 15.4 Å². The first-order valence-corrected chi connectivity index (χ1v) is 9.61. The number of carbonyl (C=O) groups is 3. The van der Waals surface area contributed by atoms with Gasteiger partial charge in [0.1, 0.15) is 6.54 Å². The van der Waals surface area contributed by atoms with Crippen LogP contribution in [0.25, 0.3) is 0 Å². The molecule has 152 valence electrons. The van der Waals surface area contributed by atoms with E-state index in [1.165, 1.54) is 12.7 Å². The van der Waals surface area contributed by atoms with E-state index in [1.54, 1.807) is 24.3 Å². The molecule has 0 spiro atoms. The van der Waals surface area contributed by atoms with Crippen molar-refractivity contribution < 1.29 is 19.1 Å². The Kier molecular flexibility index (Phi) is 6.97. The molecule has 0 aliphatic carbocycles. The van der Waals surface area contributed by atoms with Gasteiger partial charge in [-0.15, -0.1) is 0 Å². The van der Waals surface area contributed by atoms with Gasteiger partial charge in [0.25, 0.3) is 5.91 Å². The molecule has 3 rings (SSSR count). The van der Waals surface area contributed by atoms with E-state index in [2.05, 4.69) is 32.4 Å². The number of amides is 2. The van der Waals surface area contributed by atoms with Crippen molar-refractivity contribution in [1.82, 2.24) is 10.2 Å². The summed E-state index contributed by atoms with van der Waals surface area (Å²) < 4.78 is 4.49. The Balaban J connectivity index is 1.56. The predicted molar refractivity (Wildman–Crippen MR) is 109 cm³/mol. The summed E-state index contributed by atoms with van der Waals surface area (Å²) in [5.74, 6) is -0.932. The van der Waals surface area contributed by atoms with Crippen molar-refractivity contribution in [3.8, 4) is 0 Å². The van der Waals surface area contributed by atoms with Crippen molar-refractivity contribution in [1.29, 1.82) is 0 Å². The summed E-state index contributed by atoms with van der Waals surface area (Å²) in [5, 5.41) is 5.41. The molecule has 2 N–H and O–H groups in total. The van der Waals surface area contributed by atoms with Crippen LogP contribution >= 0.6 is 0 Å². The van der Waals surface area contributed by atoms with Crippen molar-refractivity contribution in [2.24, 2.45) is 0 Å². The number of benzene rings is 2. The largest absolute Gasteiger partial charge is 0.468 e. The van der Waals surface area contributed by atoms with E-state index in [0.717, 1.165) is 25.9 Å². The van der Waals surface area contributed by atoms with Crippen molar-refractivity contribution in [3.63, 3.8) is 0 Å². The molecule has 1 heterocycles. The van der Waals surface area contributed by atoms with Gasteiger partial charge in [0.05, 0.1) is 13.2 Å². The Morgan fingerprint density at radius 1 is 1.07 bits per heavy atom. The third-order valence-corrected chi connectivity index (χ3v) is 4.93. The number of nitrogens with zero attached hydrogens (tertiary/aromatic N) is 1. The van der Waals surface area contributed by atoms with E-state index < -0.39 is 5.97 Å². The molecule has 1 aliphatic heterocycles. The molecule has 1 aliphatic rings. The lowest BCUT2D eigenvalue weighted by atomic mass is 10.1. The average molecular weight is 395 g/mol. The average Bonchev–Trinajstić information content (AvgIpc) is 3.21. The topological polar surface area (TPSA) is 87.7 Å². The van der Waals surface area contributed by atoms with Crippen LogP contribution in [-0.2, 0) is 20.9 Å². The summed E-state index contributed by atoms with van der Waals surface area (Å²) >= 11 is 0. The third kappa shape index (κ3) is 5.65. The number of rotatable bonds is 7. The van der Waals surface area contributed by atoms with Gasteiger partial charge in [-0.1, -0.05) is 30.3 Å². The molecular formula is C22H25N3O4. The Labute approximate surface area is 170 Å². The summed E-state index contributed by atoms with van der Waals surface area (Å²) in [4.78, 5) is 38.1. The van der Waals surface area contributed by atoms with Gasteiger partial charge in [-0.25, -0.2) is 0 Å². The Morgan fingerprint density at radius 2 is 1.79 bits per heavy atom. The van der Waals surface area contributed by atoms with E-state index in [9.17, 15) is 14.4 Å². The maximum Gasteiger partial charge on any atom is 0.325 e. The molecular weight excluding hydrogens is 370 g/mol. The fourth-order valence-electron chi connectivity index (χ4n) is 3.39. The number of nitrogens with one attached hydrogen (secondary N) is 2. The standard InChI is InChI=1S/C22H25N3O4/c1-29-20(26)14-23-21(27)17-9-11-18(12-10-17)24-22(28)19-8-5-13-25(19)15-16-6-3-2-4-7-16/h2-4,6-7,9-12,19H,5,8,13-15H2,1H3,(H,23,27)(H,24,28). The zero-order chi connectivity index (χ0) is 20.6. The lowest BCUT2D eigenvalue weighted by Gasteiger charge is -2.23. The van der Waals surface area contributed by atoms with Crippen LogP contribution in [0.1, 0.15) is 28.8 Å². The van der Waals surface area contributed by atoms with Crippen LogP contribution in [0.4, 0.5) is 5.69 Å². The highest BCUT2D eigenvalue weighted by atomic mass is 16.5. The maximum absolute atomic E-state index is 12.8. The van der Waals surface area contributed by atoms with Gasteiger partial charge in [-0.3, -0.25) is 19.3 Å². The number of esters is 1. The van der Waals surface area contributed by atoms with Crippen LogP contribution in [-0.4, -0.2) is 48.9 Å². The maximum atomic E-state index is 12.8. The monoisotopic (exact) mass is 395 g/mol. The van der Waals surface area contributed by atoms with E-state index in [1.807, 2.05) is 18.2 Å². The second-order valence-electron chi connectivity index (χ2n) is 6.94. The van der Waals surface area contributed by atoms with Gasteiger partial charge >= 0.3 is 5.97 Å². The minimum Gasteiger partial charge on any atom is -0.468 e. The molecule has 2 aromatic carbocycles. The first kappa shape index (κ1) is 20.5. The second kappa shape index (κ2) is 9.84. The molecule has 1 fully saturated rings. The molecule has 29 heavy (non-hydrogen) atoms. The molecule has 2 amide bonds. The number of methoxy groups -OCH3 is 1. The van der Waals surface area contributed by atoms with Crippen LogP contribution in [0.2, 0.25) is 0 Å². The van der Waals surface area contributed by atoms with Crippen molar-refractivity contribution >= 4 is 23.5 Å². The summed E-state index contributed by atoms with van der Waals surface area (Å²) in [6, 6.07) is 16.5. The van der Waals surface area contributed by atoms with Gasteiger partial charge in [-0.05, 0) is 49.2 Å². The first-order valence-electron chi connectivity index (χ1n) is 9.61. The molecule has 0 bridgehead atoms. The molecule has 1 atom stereocenters. The number of likely N-dealkylation sites (tertiary alicyclic amines) is 1. The number of ether oxygens (including phenoxy) is 1. The highest BCUT2D eigenvalue weighted by Gasteiger charge is 2.30. The van der Waals surface area contributed by atoms with Crippen LogP contribution in [0.15, 0.2) is 54.6 Å². The first-order chi connectivity index (χ1) is 14.1. The van der Waals surface area contributed by atoms with E-state index in [-0.39, 0.29) is 24.4 Å². The minimum absolute atomic E-state index is 0.0404. The van der Waals surface area contributed by atoms with Crippen LogP contribution in [0.3, 0.4) is 0 Å². The van der Waals surface area contributed by atoms with E-state index in [4.69, 9.17) is 0 Å². The third-order valence-electron chi connectivity index (χ3n) is 4.93. The molecule has 0 saturated carbocycles. The highest BCUT2D eigenvalue weighted by molar-refractivity contribution is 5.98. The fourth-order valence-corrected chi connectivity index (χ4v) is 3.39. The number of carbonyl (C=O) groups excluding carboxylic acids is 3. The zero-order valence-electron chi connectivity index (χ0n) is 16.4. The molecule has 0 aromatic heterocycles. The summed E-state index contributed by atoms with van der Waals surface area (Å²) in [6.07, 6.45) is 1.82. The van der Waals surface area contributed by atoms with Crippen molar-refractivity contribution in [2.45, 2.75) is 25.4 Å². The number of hydrogen-bond acceptors (Lipinski definition) is 5. The Bertz CT molecular complexity index is 852. The smallest absolute Gasteiger partial charge is 0.325 e. The predicted octanol–water partition coefficient (Wildman–Crippen LogP) is 2.19. The molecule has 7 heteroatoms. The Morgan fingerprint density at radius 3 is 2.48 bits per heavy atom. The summed E-state index contributed by atoms with van der Waals surface area (Å²) in [7, 11) is 1.26. The summed E-state index contributed by atoms with van der Waals surface area (Å²) in [5.41, 5.74) is 2.22. The molecule has 1 unspecified atom stereocenters. The molecule has 7 nitrogen and oxygen atoms in total. The zero-order valence-corrected chi connectivity index (χ0v) is 16.4. The second-order valence-corrected chi connectivity index (χ2v) is 6.94. The van der Waals surface area contributed by atoms with Crippen LogP contribution < -0.4 is 10.6 Å². The van der Waals surface area contributed by atoms with Crippen molar-refractivity contribution in [3.05, 3.63) is 65.7 Å². The van der Waals surface area contributed by atoms with Gasteiger partial charge in [0.2, 0.25) is 5.91 Å². The SMILES string of the molecule is COC(=O)CNC(=O)c1ccc(NC(=O)C2CCCN2Cc2ccccc2)cc1. The summed E-state index contributed by atoms with van der Waals surface area (Å²) in [6.45, 7) is 1.46. The normalized spacial score (nSPS) is 16.2. The van der Waals surface area contributed by atoms with Crippen LogP contribution in [0, 0.1) is 0 Å². The highest BCUT2D eigenvalue weighted by Crippen LogP contribution is 2.22. The quantitative estimate of drug-likeness (QED) is 0.702. The van der Waals surface area contributed by atoms with Gasteiger partial charge in [-0.2, -0.15) is 0 Å². The fraction of sp³-hybridized carbons (Fsp3) is 0.318. The van der Waals surface area contributed by atoms with Crippen molar-refractivity contribution in [2.75, 3.05) is 25.5 Å². The van der Waals surface area contributed by atoms with Gasteiger partial charge in [0, 0.05) is 17.8 Å². The number of anilines is 1. The minimum atomic E-state index is -0.515. The number of hydrogen-bond donors (Lipinski definition) is 2. The molecule has 1 saturated heterocycles. The molecule has 0 radical (unpaired) electrons.